The van der Waals surface area contributed by atoms with Crippen molar-refractivity contribution < 1.29 is 49.3 Å². The minimum Gasteiger partial charge on any atom is -0.435 e. The first kappa shape index (κ1) is 30.5. The molecule has 0 atom stereocenters. The van der Waals surface area contributed by atoms with Gasteiger partial charge in [0.05, 0.1) is 0 Å². The van der Waals surface area contributed by atoms with Crippen molar-refractivity contribution in [3.63, 3.8) is 0 Å². The molecular weight excluding hydrogens is 574 g/mol. The maximum Gasteiger partial charge on any atom is 0.573 e. The quantitative estimate of drug-likeness (QED) is 0.176. The van der Waals surface area contributed by atoms with Gasteiger partial charge in [-0.05, 0) is 59.5 Å². The summed E-state index contributed by atoms with van der Waals surface area (Å²) in [5.74, 6) is -1.22. The van der Waals surface area contributed by atoms with E-state index >= 15 is 0 Å². The van der Waals surface area contributed by atoms with E-state index in [1.54, 1.807) is 36.4 Å². The molecule has 0 spiro atoms. The lowest BCUT2D eigenvalue weighted by Crippen LogP contribution is -2.38. The lowest BCUT2D eigenvalue weighted by molar-refractivity contribution is -0.275. The summed E-state index contributed by atoms with van der Waals surface area (Å²) in [4.78, 5) is 0. The van der Waals surface area contributed by atoms with Gasteiger partial charge in [0.25, 0.3) is 0 Å². The van der Waals surface area contributed by atoms with E-state index in [1.165, 1.54) is 42.5 Å². The van der Waals surface area contributed by atoms with Crippen molar-refractivity contribution in [2.24, 2.45) is 0 Å². The highest BCUT2D eigenvalue weighted by atomic mass is 19.4. The first-order valence-corrected chi connectivity index (χ1v) is 12.4. The molecule has 0 fully saturated rings. The fourth-order valence-electron chi connectivity index (χ4n) is 4.60. The van der Waals surface area contributed by atoms with Crippen LogP contribution in [0.25, 0.3) is 0 Å². The summed E-state index contributed by atoms with van der Waals surface area (Å²) in [7, 11) is 0. The van der Waals surface area contributed by atoms with Gasteiger partial charge < -0.3 is 19.5 Å². The van der Waals surface area contributed by atoms with Crippen molar-refractivity contribution in [1.29, 1.82) is 0 Å². The van der Waals surface area contributed by atoms with Crippen LogP contribution in [-0.2, 0) is 11.8 Å². The van der Waals surface area contributed by atoms with Gasteiger partial charge in [-0.3, -0.25) is 0 Å². The van der Waals surface area contributed by atoms with Gasteiger partial charge in [0.15, 0.2) is 0 Å². The van der Waals surface area contributed by atoms with E-state index < -0.39 is 36.3 Å². The Labute approximate surface area is 235 Å². The Kier molecular flexibility index (Phi) is 9.13. The standard InChI is InChI=1S/C30H23F8NO3/c31-27(32)40-24-12-6-11-23(17-24)39-19-28(18-20-7-2-1-3-8-20,21-9-4-13-25(15-21)41-29(33,34)35)22-10-5-14-26(16-22)42-30(36,37)38/h1-17,27,39H,18-19H2. The van der Waals surface area contributed by atoms with Gasteiger partial charge in [-0.2, -0.15) is 8.78 Å². The second-order valence-corrected chi connectivity index (χ2v) is 9.16. The van der Waals surface area contributed by atoms with Gasteiger partial charge in [0, 0.05) is 23.7 Å². The molecule has 0 bridgehead atoms. The van der Waals surface area contributed by atoms with Crippen molar-refractivity contribution in [1.82, 2.24) is 0 Å². The molecule has 0 aliphatic rings. The van der Waals surface area contributed by atoms with Gasteiger partial charge in [-0.25, -0.2) is 0 Å². The third-order valence-corrected chi connectivity index (χ3v) is 6.24. The maximum atomic E-state index is 13.1. The largest absolute Gasteiger partial charge is 0.573 e. The van der Waals surface area contributed by atoms with Gasteiger partial charge in [-0.15, -0.1) is 26.3 Å². The van der Waals surface area contributed by atoms with Gasteiger partial charge in [-0.1, -0.05) is 60.7 Å². The van der Waals surface area contributed by atoms with E-state index in [9.17, 15) is 35.1 Å². The molecule has 0 aromatic heterocycles. The molecule has 222 valence electrons. The Morgan fingerprint density at radius 1 is 0.595 bits per heavy atom. The van der Waals surface area contributed by atoms with Crippen LogP contribution < -0.4 is 19.5 Å². The predicted octanol–water partition coefficient (Wildman–Crippen LogP) is 8.73. The highest BCUT2D eigenvalue weighted by Gasteiger charge is 2.38. The normalized spacial score (nSPS) is 12.2. The van der Waals surface area contributed by atoms with E-state index in [0.717, 1.165) is 24.3 Å². The highest BCUT2D eigenvalue weighted by Crippen LogP contribution is 2.40. The minimum absolute atomic E-state index is 0.0962. The first-order chi connectivity index (χ1) is 19.8. The van der Waals surface area contributed by atoms with Gasteiger partial charge in [0.1, 0.15) is 17.2 Å². The average molecular weight is 598 g/mol. The molecule has 0 saturated carbocycles. The summed E-state index contributed by atoms with van der Waals surface area (Å²) in [6.07, 6.45) is -9.89. The molecule has 0 unspecified atom stereocenters. The van der Waals surface area contributed by atoms with Gasteiger partial charge >= 0.3 is 19.3 Å². The molecule has 0 aliphatic heterocycles. The van der Waals surface area contributed by atoms with Crippen molar-refractivity contribution in [2.45, 2.75) is 31.2 Å². The molecule has 0 heterocycles. The zero-order chi connectivity index (χ0) is 30.4. The summed E-state index contributed by atoms with van der Waals surface area (Å²) in [5, 5.41) is 3.10. The van der Waals surface area contributed by atoms with Crippen LogP contribution in [-0.4, -0.2) is 25.9 Å². The number of rotatable bonds is 11. The van der Waals surface area contributed by atoms with Crippen LogP contribution >= 0.6 is 0 Å². The van der Waals surface area contributed by atoms with Crippen LogP contribution in [0.2, 0.25) is 0 Å². The molecule has 12 heteroatoms. The fraction of sp³-hybridized carbons (Fsp3) is 0.200. The van der Waals surface area contributed by atoms with Crippen molar-refractivity contribution in [3.05, 3.63) is 120 Å². The number of ether oxygens (including phenoxy) is 3. The lowest BCUT2D eigenvalue weighted by atomic mass is 9.70. The second kappa shape index (κ2) is 12.6. The number of hydrogen-bond donors (Lipinski definition) is 1. The number of alkyl halides is 8. The molecule has 4 rings (SSSR count). The van der Waals surface area contributed by atoms with Crippen molar-refractivity contribution in [2.75, 3.05) is 11.9 Å². The monoisotopic (exact) mass is 597 g/mol. The van der Waals surface area contributed by atoms with Crippen LogP contribution in [0.3, 0.4) is 0 Å². The molecule has 0 radical (unpaired) electrons. The summed E-state index contributed by atoms with van der Waals surface area (Å²) in [6, 6.07) is 24.6. The molecule has 4 aromatic carbocycles. The molecule has 42 heavy (non-hydrogen) atoms. The van der Waals surface area contributed by atoms with E-state index in [4.69, 9.17) is 0 Å². The smallest absolute Gasteiger partial charge is 0.435 e. The average Bonchev–Trinajstić information content (AvgIpc) is 2.90. The topological polar surface area (TPSA) is 39.7 Å². The zero-order valence-corrected chi connectivity index (χ0v) is 21.6. The lowest BCUT2D eigenvalue weighted by Gasteiger charge is -2.36. The molecule has 0 amide bonds. The molecule has 4 nitrogen and oxygen atoms in total. The van der Waals surface area contributed by atoms with Crippen molar-refractivity contribution in [3.8, 4) is 17.2 Å². The van der Waals surface area contributed by atoms with Crippen LogP contribution in [0.15, 0.2) is 103 Å². The minimum atomic E-state index is -5.00. The molecule has 4 aromatic rings. The predicted molar refractivity (Wildman–Crippen MR) is 139 cm³/mol. The summed E-state index contributed by atoms with van der Waals surface area (Å²) < 4.78 is 117. The van der Waals surface area contributed by atoms with E-state index in [-0.39, 0.29) is 29.8 Å². The summed E-state index contributed by atoms with van der Waals surface area (Å²) in [5.41, 5.74) is 0.223. The molecule has 1 N–H and O–H groups in total. The third kappa shape index (κ3) is 8.51. The SMILES string of the molecule is FC(F)Oc1cccc(NCC(Cc2ccccc2)(c2cccc(OC(F)(F)F)c2)c2cccc(OC(F)(F)F)c2)c1. The van der Waals surface area contributed by atoms with Crippen LogP contribution in [0.5, 0.6) is 17.2 Å². The van der Waals surface area contributed by atoms with E-state index in [1.807, 2.05) is 0 Å². The first-order valence-electron chi connectivity index (χ1n) is 12.4. The van der Waals surface area contributed by atoms with Crippen molar-refractivity contribution >= 4 is 5.69 Å². The van der Waals surface area contributed by atoms with Crippen LogP contribution in [0.4, 0.5) is 40.8 Å². The molecular formula is C30H23F8NO3. The number of halogens is 8. The second-order valence-electron chi connectivity index (χ2n) is 9.16. The van der Waals surface area contributed by atoms with E-state index in [0.29, 0.717) is 11.3 Å². The van der Waals surface area contributed by atoms with E-state index in [2.05, 4.69) is 19.5 Å². The highest BCUT2D eigenvalue weighted by molar-refractivity contribution is 5.53. The Morgan fingerprint density at radius 3 is 1.64 bits per heavy atom. The third-order valence-electron chi connectivity index (χ3n) is 6.24. The summed E-state index contributed by atoms with van der Waals surface area (Å²) in [6.45, 7) is -3.18. The number of nitrogens with one attached hydrogen (secondary N) is 1. The fourth-order valence-corrected chi connectivity index (χ4v) is 4.60. The Hall–Kier alpha value is -4.48. The maximum absolute atomic E-state index is 13.1. The Bertz CT molecular complexity index is 1400. The Morgan fingerprint density at radius 2 is 1.12 bits per heavy atom. The molecule has 0 saturated heterocycles. The number of anilines is 1. The van der Waals surface area contributed by atoms with Crippen LogP contribution in [0.1, 0.15) is 16.7 Å². The molecule has 0 aliphatic carbocycles. The summed E-state index contributed by atoms with van der Waals surface area (Å²) >= 11 is 0. The zero-order valence-electron chi connectivity index (χ0n) is 21.6. The number of benzene rings is 4. The number of hydrogen-bond acceptors (Lipinski definition) is 4. The van der Waals surface area contributed by atoms with Crippen LogP contribution in [0, 0.1) is 0 Å². The Balaban J connectivity index is 1.87. The van der Waals surface area contributed by atoms with Gasteiger partial charge in [0.2, 0.25) is 0 Å².